The molecule has 22 heavy (non-hydrogen) atoms. The number of benzene rings is 1. The van der Waals surface area contributed by atoms with E-state index in [0.29, 0.717) is 24.6 Å². The van der Waals surface area contributed by atoms with Crippen molar-refractivity contribution in [1.29, 1.82) is 0 Å². The second kappa shape index (κ2) is 6.83. The maximum absolute atomic E-state index is 14.4. The van der Waals surface area contributed by atoms with Gasteiger partial charge in [-0.05, 0) is 18.4 Å². The smallest absolute Gasteiger partial charge is 0.186 e. The zero-order valence-electron chi connectivity index (χ0n) is 12.6. The Balaban J connectivity index is 1.90. The Morgan fingerprint density at radius 1 is 1.32 bits per heavy atom. The van der Waals surface area contributed by atoms with Gasteiger partial charge in [0.1, 0.15) is 6.33 Å². The molecule has 0 spiro atoms. The van der Waals surface area contributed by atoms with Crippen LogP contribution in [0.3, 0.4) is 0 Å². The topological polar surface area (TPSA) is 47.0 Å². The van der Waals surface area contributed by atoms with Crippen LogP contribution in [-0.4, -0.2) is 23.2 Å². The van der Waals surface area contributed by atoms with Crippen molar-refractivity contribution >= 4 is 5.82 Å². The van der Waals surface area contributed by atoms with Crippen molar-refractivity contribution in [2.24, 2.45) is 5.92 Å². The van der Waals surface area contributed by atoms with Crippen molar-refractivity contribution < 1.29 is 9.13 Å². The number of hydrogen-bond donors (Lipinski definition) is 1. The number of ether oxygens (including phenoxy) is 1. The molecule has 4 nitrogen and oxygen atoms in total. The minimum atomic E-state index is -0.357. The van der Waals surface area contributed by atoms with Crippen LogP contribution in [0.5, 0.6) is 0 Å². The monoisotopic (exact) mass is 301 g/mol. The molecule has 2 atom stereocenters. The highest BCUT2D eigenvalue weighted by atomic mass is 19.1. The van der Waals surface area contributed by atoms with E-state index < -0.39 is 0 Å². The predicted molar refractivity (Wildman–Crippen MR) is 83.1 cm³/mol. The van der Waals surface area contributed by atoms with E-state index >= 15 is 0 Å². The minimum absolute atomic E-state index is 0.0159. The number of rotatable bonds is 5. The normalized spacial score (nSPS) is 19.1. The fourth-order valence-corrected chi connectivity index (χ4v) is 2.85. The molecule has 1 aromatic heterocycles. The molecule has 1 fully saturated rings. The van der Waals surface area contributed by atoms with Gasteiger partial charge in [-0.1, -0.05) is 37.3 Å². The lowest BCUT2D eigenvalue weighted by Crippen LogP contribution is -2.23. The summed E-state index contributed by atoms with van der Waals surface area (Å²) in [6.07, 6.45) is 2.92. The lowest BCUT2D eigenvalue weighted by molar-refractivity contribution is 0.182. The SMILES string of the molecule is CCc1ncnc(N[C@@H](c2ccccc2)[C@H]2CCOC2)c1F. The first-order chi connectivity index (χ1) is 10.8. The molecule has 1 aliphatic heterocycles. The molecule has 1 saturated heterocycles. The standard InChI is InChI=1S/C17H20FN3O/c1-2-14-15(18)17(20-11-19-14)21-16(13-8-9-22-10-13)12-6-4-3-5-7-12/h3-7,11,13,16H,2,8-10H2,1H3,(H,19,20,21)/t13-,16-/m0/s1. The average Bonchev–Trinajstić information content (AvgIpc) is 3.09. The molecule has 0 unspecified atom stereocenters. The van der Waals surface area contributed by atoms with Crippen molar-refractivity contribution in [2.75, 3.05) is 18.5 Å². The van der Waals surface area contributed by atoms with Gasteiger partial charge in [-0.2, -0.15) is 0 Å². The van der Waals surface area contributed by atoms with E-state index in [1.165, 1.54) is 6.33 Å². The molecule has 1 aliphatic rings. The van der Waals surface area contributed by atoms with Crippen molar-refractivity contribution in [3.05, 3.63) is 53.7 Å². The summed E-state index contributed by atoms with van der Waals surface area (Å²) in [4.78, 5) is 8.07. The van der Waals surface area contributed by atoms with E-state index in [1.54, 1.807) is 0 Å². The van der Waals surface area contributed by atoms with Gasteiger partial charge in [0.2, 0.25) is 0 Å². The molecule has 1 aromatic carbocycles. The fourth-order valence-electron chi connectivity index (χ4n) is 2.85. The van der Waals surface area contributed by atoms with Gasteiger partial charge in [-0.15, -0.1) is 0 Å². The van der Waals surface area contributed by atoms with E-state index in [2.05, 4.69) is 27.4 Å². The summed E-state index contributed by atoms with van der Waals surface area (Å²) < 4.78 is 19.9. The molecule has 5 heteroatoms. The number of anilines is 1. The molecular formula is C17H20FN3O. The minimum Gasteiger partial charge on any atom is -0.381 e. The molecule has 2 heterocycles. The van der Waals surface area contributed by atoms with Crippen LogP contribution in [0, 0.1) is 11.7 Å². The highest BCUT2D eigenvalue weighted by Gasteiger charge is 2.28. The van der Waals surface area contributed by atoms with Gasteiger partial charge in [-0.25, -0.2) is 14.4 Å². The van der Waals surface area contributed by atoms with Crippen LogP contribution >= 0.6 is 0 Å². The molecule has 2 aromatic rings. The Kier molecular flexibility index (Phi) is 4.63. The van der Waals surface area contributed by atoms with E-state index in [1.807, 2.05) is 25.1 Å². The van der Waals surface area contributed by atoms with Gasteiger partial charge in [-0.3, -0.25) is 0 Å². The van der Waals surface area contributed by atoms with Gasteiger partial charge >= 0.3 is 0 Å². The number of hydrogen-bond acceptors (Lipinski definition) is 4. The van der Waals surface area contributed by atoms with Gasteiger partial charge in [0.05, 0.1) is 18.3 Å². The van der Waals surface area contributed by atoms with Crippen molar-refractivity contribution in [1.82, 2.24) is 9.97 Å². The Hall–Kier alpha value is -2.01. The summed E-state index contributed by atoms with van der Waals surface area (Å²) in [6, 6.07) is 10.1. The molecule has 0 radical (unpaired) electrons. The van der Waals surface area contributed by atoms with E-state index in [-0.39, 0.29) is 17.7 Å². The highest BCUT2D eigenvalue weighted by Crippen LogP contribution is 2.32. The first kappa shape index (κ1) is 14.9. The first-order valence-electron chi connectivity index (χ1n) is 7.68. The maximum atomic E-state index is 14.4. The van der Waals surface area contributed by atoms with Crippen LogP contribution in [0.25, 0.3) is 0 Å². The second-order valence-corrected chi connectivity index (χ2v) is 5.49. The third-order valence-electron chi connectivity index (χ3n) is 4.08. The lowest BCUT2D eigenvalue weighted by atomic mass is 9.92. The molecule has 0 aliphatic carbocycles. The van der Waals surface area contributed by atoms with E-state index in [0.717, 1.165) is 18.6 Å². The molecule has 3 rings (SSSR count). The van der Waals surface area contributed by atoms with E-state index in [4.69, 9.17) is 4.74 Å². The largest absolute Gasteiger partial charge is 0.381 e. The van der Waals surface area contributed by atoms with Crippen molar-refractivity contribution in [3.63, 3.8) is 0 Å². The second-order valence-electron chi connectivity index (χ2n) is 5.49. The molecule has 116 valence electrons. The number of nitrogens with one attached hydrogen (secondary N) is 1. The summed E-state index contributed by atoms with van der Waals surface area (Å²) in [6.45, 7) is 3.32. The zero-order valence-corrected chi connectivity index (χ0v) is 12.6. The number of nitrogens with zero attached hydrogens (tertiary/aromatic N) is 2. The number of aryl methyl sites for hydroxylation is 1. The molecular weight excluding hydrogens is 281 g/mol. The zero-order chi connectivity index (χ0) is 15.4. The van der Waals surface area contributed by atoms with Crippen LogP contribution in [0.15, 0.2) is 36.7 Å². The summed E-state index contributed by atoms with van der Waals surface area (Å²) in [7, 11) is 0. The molecule has 0 bridgehead atoms. The molecule has 0 saturated carbocycles. The van der Waals surface area contributed by atoms with Crippen molar-refractivity contribution in [3.8, 4) is 0 Å². The average molecular weight is 301 g/mol. The quantitative estimate of drug-likeness (QED) is 0.920. The highest BCUT2D eigenvalue weighted by molar-refractivity contribution is 5.41. The van der Waals surface area contributed by atoms with Crippen LogP contribution in [-0.2, 0) is 11.2 Å². The number of aromatic nitrogens is 2. The first-order valence-corrected chi connectivity index (χ1v) is 7.68. The van der Waals surface area contributed by atoms with Gasteiger partial charge in [0, 0.05) is 12.5 Å². The molecule has 1 N–H and O–H groups in total. The van der Waals surface area contributed by atoms with Crippen molar-refractivity contribution in [2.45, 2.75) is 25.8 Å². The summed E-state index contributed by atoms with van der Waals surface area (Å²) in [5.74, 6) is 0.222. The third-order valence-corrected chi connectivity index (χ3v) is 4.08. The van der Waals surface area contributed by atoms with Gasteiger partial charge in [0.25, 0.3) is 0 Å². The van der Waals surface area contributed by atoms with Gasteiger partial charge < -0.3 is 10.1 Å². The number of halogens is 1. The Morgan fingerprint density at radius 3 is 2.82 bits per heavy atom. The Morgan fingerprint density at radius 2 is 2.14 bits per heavy atom. The third kappa shape index (κ3) is 3.09. The maximum Gasteiger partial charge on any atom is 0.186 e. The summed E-state index contributed by atoms with van der Waals surface area (Å²) in [5.41, 5.74) is 1.56. The van der Waals surface area contributed by atoms with Crippen LogP contribution < -0.4 is 5.32 Å². The van der Waals surface area contributed by atoms with E-state index in [9.17, 15) is 4.39 Å². The fraction of sp³-hybridized carbons (Fsp3) is 0.412. The summed E-state index contributed by atoms with van der Waals surface area (Å²) >= 11 is 0. The molecule has 0 amide bonds. The van der Waals surface area contributed by atoms with Gasteiger partial charge in [0.15, 0.2) is 11.6 Å². The van der Waals surface area contributed by atoms with Crippen LogP contribution in [0.4, 0.5) is 10.2 Å². The predicted octanol–water partition coefficient (Wildman–Crippen LogP) is 3.37. The summed E-state index contributed by atoms with van der Waals surface area (Å²) in [5, 5.41) is 3.27. The Labute approximate surface area is 129 Å². The van der Waals surface area contributed by atoms with Crippen LogP contribution in [0.1, 0.15) is 30.6 Å². The van der Waals surface area contributed by atoms with Crippen LogP contribution in [0.2, 0.25) is 0 Å². The lowest BCUT2D eigenvalue weighted by Gasteiger charge is -2.25. The Bertz CT molecular complexity index is 615.